The Kier molecular flexibility index (Phi) is 6.39. The van der Waals surface area contributed by atoms with Gasteiger partial charge in [-0.05, 0) is 43.7 Å². The molecule has 0 unspecified atom stereocenters. The summed E-state index contributed by atoms with van der Waals surface area (Å²) in [5.41, 5.74) is 1.85. The monoisotopic (exact) mass is 489 g/mol. The molecule has 1 N–H and O–H groups in total. The maximum Gasteiger partial charge on any atom is 0.267 e. The summed E-state index contributed by atoms with van der Waals surface area (Å²) >= 11 is 14.9. The van der Waals surface area contributed by atoms with E-state index in [4.69, 9.17) is 28.2 Å². The third-order valence-corrected chi connectivity index (χ3v) is 7.42. The van der Waals surface area contributed by atoms with E-state index in [-0.39, 0.29) is 17.2 Å². The number of rotatable bonds is 5. The van der Waals surface area contributed by atoms with Gasteiger partial charge in [0, 0.05) is 4.88 Å². The van der Waals surface area contributed by atoms with Crippen molar-refractivity contribution in [3.05, 3.63) is 79.4 Å². The van der Waals surface area contributed by atoms with E-state index in [0.717, 1.165) is 10.4 Å². The predicted molar refractivity (Wildman–Crippen MR) is 131 cm³/mol. The van der Waals surface area contributed by atoms with Gasteiger partial charge in [-0.2, -0.15) is 0 Å². The number of anilines is 1. The predicted octanol–water partition coefficient (Wildman–Crippen LogP) is 6.10. The van der Waals surface area contributed by atoms with E-state index in [9.17, 15) is 9.59 Å². The number of nitrogens with zero attached hydrogens (tertiary/aromatic N) is 2. The highest BCUT2D eigenvalue weighted by molar-refractivity contribution is 7.99. The molecule has 0 bridgehead atoms. The molecule has 158 valence electrons. The molecule has 2 aromatic carbocycles. The Hall–Kier alpha value is -2.32. The fraction of sp³-hybridized carbons (Fsp3) is 0.136. The molecule has 0 aliphatic carbocycles. The first-order valence-electron chi connectivity index (χ1n) is 9.31. The van der Waals surface area contributed by atoms with Crippen molar-refractivity contribution in [2.75, 3.05) is 11.1 Å². The number of thiophene rings is 1. The highest BCUT2D eigenvalue weighted by Crippen LogP contribution is 2.31. The van der Waals surface area contributed by atoms with Gasteiger partial charge in [-0.15, -0.1) is 11.3 Å². The van der Waals surface area contributed by atoms with Gasteiger partial charge in [0.05, 0.1) is 32.6 Å². The van der Waals surface area contributed by atoms with E-state index in [0.29, 0.717) is 36.8 Å². The summed E-state index contributed by atoms with van der Waals surface area (Å²) < 4.78 is 1.56. The number of aromatic nitrogens is 2. The van der Waals surface area contributed by atoms with Crippen LogP contribution in [-0.4, -0.2) is 21.2 Å². The average molecular weight is 490 g/mol. The number of carbonyl (C=O) groups excluding carboxylic acids is 1. The van der Waals surface area contributed by atoms with Gasteiger partial charge in [0.1, 0.15) is 4.83 Å². The van der Waals surface area contributed by atoms with E-state index in [2.05, 4.69) is 5.32 Å². The Morgan fingerprint density at radius 1 is 1.10 bits per heavy atom. The van der Waals surface area contributed by atoms with Crippen molar-refractivity contribution in [2.45, 2.75) is 19.0 Å². The molecule has 0 saturated heterocycles. The van der Waals surface area contributed by atoms with Crippen LogP contribution in [0.3, 0.4) is 0 Å². The number of para-hydroxylation sites is 2. The van der Waals surface area contributed by atoms with E-state index in [1.807, 2.05) is 44.2 Å². The summed E-state index contributed by atoms with van der Waals surface area (Å²) in [5, 5.41) is 4.52. The molecule has 4 rings (SSSR count). The van der Waals surface area contributed by atoms with Crippen LogP contribution in [0.15, 0.2) is 58.5 Å². The van der Waals surface area contributed by atoms with Crippen LogP contribution < -0.4 is 10.9 Å². The number of fused-ring (bicyclic) bond motifs is 1. The smallest absolute Gasteiger partial charge is 0.267 e. The summed E-state index contributed by atoms with van der Waals surface area (Å²) in [5.74, 6) is -0.261. The van der Waals surface area contributed by atoms with Crippen LogP contribution in [-0.2, 0) is 4.79 Å². The van der Waals surface area contributed by atoms with Crippen molar-refractivity contribution in [3.8, 4) is 5.69 Å². The molecule has 2 heterocycles. The highest BCUT2D eigenvalue weighted by Gasteiger charge is 2.19. The average Bonchev–Trinajstić information content (AvgIpc) is 3.03. The van der Waals surface area contributed by atoms with Crippen molar-refractivity contribution in [1.82, 2.24) is 9.55 Å². The second kappa shape index (κ2) is 9.04. The van der Waals surface area contributed by atoms with Crippen LogP contribution in [0.5, 0.6) is 0 Å². The maximum absolute atomic E-state index is 13.4. The van der Waals surface area contributed by atoms with E-state index >= 15 is 0 Å². The maximum atomic E-state index is 13.4. The lowest BCUT2D eigenvalue weighted by molar-refractivity contribution is -0.113. The van der Waals surface area contributed by atoms with Crippen molar-refractivity contribution in [1.29, 1.82) is 0 Å². The Labute approximate surface area is 197 Å². The van der Waals surface area contributed by atoms with Crippen LogP contribution in [0.2, 0.25) is 10.0 Å². The van der Waals surface area contributed by atoms with Gasteiger partial charge in [0.25, 0.3) is 5.56 Å². The molecule has 2 aromatic heterocycles. The first-order chi connectivity index (χ1) is 14.9. The van der Waals surface area contributed by atoms with Gasteiger partial charge in [-0.3, -0.25) is 14.2 Å². The molecule has 1 amide bonds. The van der Waals surface area contributed by atoms with Crippen LogP contribution in [0, 0.1) is 13.8 Å². The summed E-state index contributed by atoms with van der Waals surface area (Å²) in [6.45, 7) is 3.90. The number of aryl methyl sites for hydroxylation is 2. The number of amides is 1. The van der Waals surface area contributed by atoms with Crippen LogP contribution >= 0.6 is 46.3 Å². The molecule has 9 heteroatoms. The molecule has 0 atom stereocenters. The third-order valence-electron chi connectivity index (χ3n) is 4.75. The molecule has 0 aliphatic rings. The zero-order chi connectivity index (χ0) is 22.1. The summed E-state index contributed by atoms with van der Waals surface area (Å²) in [4.78, 5) is 32.4. The van der Waals surface area contributed by atoms with E-state index < -0.39 is 0 Å². The largest absolute Gasteiger partial charge is 0.323 e. The highest BCUT2D eigenvalue weighted by atomic mass is 35.5. The van der Waals surface area contributed by atoms with Gasteiger partial charge in [0.15, 0.2) is 5.16 Å². The fourth-order valence-corrected chi connectivity index (χ4v) is 5.47. The van der Waals surface area contributed by atoms with Crippen LogP contribution in [0.4, 0.5) is 5.69 Å². The lowest BCUT2D eigenvalue weighted by Gasteiger charge is -2.13. The van der Waals surface area contributed by atoms with Gasteiger partial charge in [0.2, 0.25) is 5.91 Å². The summed E-state index contributed by atoms with van der Waals surface area (Å²) in [6, 6.07) is 14.3. The molecule has 0 aliphatic heterocycles. The molecule has 0 fully saturated rings. The molecule has 0 spiro atoms. The van der Waals surface area contributed by atoms with Gasteiger partial charge >= 0.3 is 0 Å². The number of nitrogens with one attached hydrogen (secondary N) is 1. The Morgan fingerprint density at radius 3 is 2.45 bits per heavy atom. The minimum absolute atomic E-state index is 0.0374. The van der Waals surface area contributed by atoms with Crippen molar-refractivity contribution < 1.29 is 4.79 Å². The molecular formula is C22H17Cl2N3O2S2. The normalized spacial score (nSPS) is 11.1. The second-order valence-electron chi connectivity index (χ2n) is 6.77. The first kappa shape index (κ1) is 21.9. The summed E-state index contributed by atoms with van der Waals surface area (Å²) in [6.07, 6.45) is 0. The van der Waals surface area contributed by atoms with Crippen molar-refractivity contribution in [3.63, 3.8) is 0 Å². The van der Waals surface area contributed by atoms with Gasteiger partial charge in [-0.1, -0.05) is 59.2 Å². The van der Waals surface area contributed by atoms with Crippen molar-refractivity contribution >= 4 is 68.1 Å². The van der Waals surface area contributed by atoms with Gasteiger partial charge < -0.3 is 5.32 Å². The lowest BCUT2D eigenvalue weighted by Crippen LogP contribution is -2.22. The number of hydrogen-bond acceptors (Lipinski definition) is 5. The topological polar surface area (TPSA) is 64.0 Å². The fourth-order valence-electron chi connectivity index (χ4n) is 3.10. The molecule has 5 nitrogen and oxygen atoms in total. The van der Waals surface area contributed by atoms with Crippen LogP contribution in [0.25, 0.3) is 15.9 Å². The lowest BCUT2D eigenvalue weighted by atomic mass is 10.2. The molecule has 0 saturated carbocycles. The minimum atomic E-state index is -0.299. The number of benzene rings is 2. The van der Waals surface area contributed by atoms with Crippen molar-refractivity contribution in [2.24, 2.45) is 0 Å². The van der Waals surface area contributed by atoms with Gasteiger partial charge in [-0.25, -0.2) is 4.98 Å². The summed E-state index contributed by atoms with van der Waals surface area (Å²) in [7, 11) is 0. The Bertz CT molecular complexity index is 1330. The Balaban J connectivity index is 1.70. The van der Waals surface area contributed by atoms with E-state index in [1.54, 1.807) is 22.8 Å². The Morgan fingerprint density at radius 2 is 1.77 bits per heavy atom. The van der Waals surface area contributed by atoms with E-state index in [1.165, 1.54) is 23.1 Å². The minimum Gasteiger partial charge on any atom is -0.323 e. The standard InChI is InChI=1S/C22H17Cl2N3O2S2/c1-12-13(2)31-20-18(12)21(29)27(14-7-4-3-5-8-14)22(26-20)30-11-17(28)25-19-15(23)9-6-10-16(19)24/h3-10H,11H2,1-2H3,(H,25,28). The zero-order valence-corrected chi connectivity index (χ0v) is 19.8. The second-order valence-corrected chi connectivity index (χ2v) is 9.73. The molecule has 31 heavy (non-hydrogen) atoms. The van der Waals surface area contributed by atoms with Crippen LogP contribution in [0.1, 0.15) is 10.4 Å². The number of hydrogen-bond donors (Lipinski definition) is 1. The third kappa shape index (κ3) is 4.36. The molecular weight excluding hydrogens is 473 g/mol. The zero-order valence-electron chi connectivity index (χ0n) is 16.6. The first-order valence-corrected chi connectivity index (χ1v) is 11.9. The number of thioether (sulfide) groups is 1. The quantitative estimate of drug-likeness (QED) is 0.271. The SMILES string of the molecule is Cc1sc2nc(SCC(=O)Nc3c(Cl)cccc3Cl)n(-c3ccccc3)c(=O)c2c1C. The molecule has 4 aromatic rings. The number of halogens is 2. The number of carbonyl (C=O) groups is 1. The molecule has 0 radical (unpaired) electrons.